The Labute approximate surface area is 162 Å². The van der Waals surface area contributed by atoms with E-state index in [1.807, 2.05) is 42.5 Å². The smallest absolute Gasteiger partial charge is 0.330 e. The fourth-order valence-electron chi connectivity index (χ4n) is 3.06. The first-order valence-corrected chi connectivity index (χ1v) is 9.67. The molecular weight excluding hydrogens is 334 g/mol. The molecule has 2 aromatic carbocycles. The highest BCUT2D eigenvalue weighted by Crippen LogP contribution is 2.31. The average Bonchev–Trinajstić information content (AvgIpc) is 2.71. The van der Waals surface area contributed by atoms with Crippen LogP contribution in [0.15, 0.2) is 48.5 Å². The van der Waals surface area contributed by atoms with Gasteiger partial charge in [-0.15, -0.1) is 0 Å². The molecule has 0 unspecified atom stereocenters. The molecule has 0 aliphatic rings. The molecule has 0 aromatic heterocycles. The van der Waals surface area contributed by atoms with E-state index in [2.05, 4.69) is 19.9 Å². The van der Waals surface area contributed by atoms with Crippen molar-refractivity contribution in [2.24, 2.45) is 0 Å². The summed E-state index contributed by atoms with van der Waals surface area (Å²) in [6.45, 7) is 4.67. The second-order valence-electron chi connectivity index (χ2n) is 6.46. The van der Waals surface area contributed by atoms with Gasteiger partial charge in [-0.2, -0.15) is 5.26 Å². The third kappa shape index (κ3) is 5.82. The highest BCUT2D eigenvalue weighted by Gasteiger charge is 2.13. The fraction of sp³-hybridized carbons (Fsp3) is 0.333. The number of nitrogens with zero attached hydrogens (tertiary/aromatic N) is 1. The number of unbranched alkanes of at least 4 members (excludes halogenated alkanes) is 3. The van der Waals surface area contributed by atoms with Gasteiger partial charge in [0.05, 0.1) is 12.2 Å². The van der Waals surface area contributed by atoms with Gasteiger partial charge in [-0.3, -0.25) is 0 Å². The molecule has 0 aliphatic carbocycles. The van der Waals surface area contributed by atoms with Crippen LogP contribution in [0.4, 0.5) is 0 Å². The van der Waals surface area contributed by atoms with Crippen LogP contribution in [0.3, 0.4) is 0 Å². The largest absolute Gasteiger partial charge is 0.463 e. The molecule has 0 aliphatic heterocycles. The summed E-state index contributed by atoms with van der Waals surface area (Å²) in [6, 6.07) is 16.2. The second kappa shape index (κ2) is 11.0. The van der Waals surface area contributed by atoms with Crippen molar-refractivity contribution >= 4 is 12.0 Å². The third-order valence-corrected chi connectivity index (χ3v) is 4.52. The first kappa shape index (κ1) is 20.5. The Morgan fingerprint density at radius 1 is 1.07 bits per heavy atom. The molecule has 2 aromatic rings. The van der Waals surface area contributed by atoms with Gasteiger partial charge in [0.1, 0.15) is 6.07 Å². The maximum atomic E-state index is 11.9. The Hall–Kier alpha value is -2.86. The van der Waals surface area contributed by atoms with E-state index < -0.39 is 0 Å². The maximum Gasteiger partial charge on any atom is 0.330 e. The van der Waals surface area contributed by atoms with Crippen molar-refractivity contribution in [2.45, 2.75) is 46.0 Å². The summed E-state index contributed by atoms with van der Waals surface area (Å²) in [4.78, 5) is 11.9. The summed E-state index contributed by atoms with van der Waals surface area (Å²) in [7, 11) is 0. The van der Waals surface area contributed by atoms with Crippen LogP contribution in [0.5, 0.6) is 0 Å². The molecule has 3 nitrogen and oxygen atoms in total. The lowest BCUT2D eigenvalue weighted by Crippen LogP contribution is -2.02. The van der Waals surface area contributed by atoms with Crippen LogP contribution in [-0.2, 0) is 16.0 Å². The molecule has 0 heterocycles. The Bertz CT molecular complexity index is 816. The van der Waals surface area contributed by atoms with E-state index in [0.29, 0.717) is 12.2 Å². The summed E-state index contributed by atoms with van der Waals surface area (Å²) in [5.41, 5.74) is 4.40. The molecule has 0 fully saturated rings. The lowest BCUT2D eigenvalue weighted by atomic mass is 9.90. The molecule has 0 spiro atoms. The van der Waals surface area contributed by atoms with Gasteiger partial charge in [-0.25, -0.2) is 4.79 Å². The average molecular weight is 361 g/mol. The van der Waals surface area contributed by atoms with Crippen LogP contribution >= 0.6 is 0 Å². The third-order valence-electron chi connectivity index (χ3n) is 4.52. The SMILES string of the molecule is CCCCCCOC(=O)/C=C/c1ccc(CC)c(-c2ccccc2)c1C#N. The zero-order valence-corrected chi connectivity index (χ0v) is 16.2. The highest BCUT2D eigenvalue weighted by molar-refractivity contribution is 5.89. The van der Waals surface area contributed by atoms with E-state index in [1.165, 1.54) is 6.08 Å². The molecule has 0 N–H and O–H groups in total. The minimum Gasteiger partial charge on any atom is -0.463 e. The number of carbonyl (C=O) groups excluding carboxylic acids is 1. The molecular formula is C24H27NO2. The van der Waals surface area contributed by atoms with E-state index in [1.54, 1.807) is 6.08 Å². The number of rotatable bonds is 9. The summed E-state index contributed by atoms with van der Waals surface area (Å²) in [5.74, 6) is -0.365. The Kier molecular flexibility index (Phi) is 8.32. The number of hydrogen-bond acceptors (Lipinski definition) is 3. The van der Waals surface area contributed by atoms with Crippen LogP contribution in [-0.4, -0.2) is 12.6 Å². The monoisotopic (exact) mass is 361 g/mol. The molecule has 0 atom stereocenters. The van der Waals surface area contributed by atoms with E-state index in [4.69, 9.17) is 4.74 Å². The molecule has 27 heavy (non-hydrogen) atoms. The molecule has 2 rings (SSSR count). The zero-order chi connectivity index (χ0) is 19.5. The molecule has 0 saturated carbocycles. The maximum absolute atomic E-state index is 11.9. The first-order valence-electron chi connectivity index (χ1n) is 9.67. The molecule has 0 saturated heterocycles. The first-order chi connectivity index (χ1) is 13.2. The zero-order valence-electron chi connectivity index (χ0n) is 16.2. The number of carbonyl (C=O) groups is 1. The summed E-state index contributed by atoms with van der Waals surface area (Å²) >= 11 is 0. The van der Waals surface area contributed by atoms with Crippen LogP contribution in [0, 0.1) is 11.3 Å². The van der Waals surface area contributed by atoms with Gasteiger partial charge in [-0.1, -0.05) is 75.6 Å². The van der Waals surface area contributed by atoms with Crippen LogP contribution in [0.25, 0.3) is 17.2 Å². The minimum atomic E-state index is -0.365. The van der Waals surface area contributed by atoms with E-state index in [-0.39, 0.29) is 5.97 Å². The lowest BCUT2D eigenvalue weighted by Gasteiger charge is -2.13. The molecule has 0 radical (unpaired) electrons. The van der Waals surface area contributed by atoms with Crippen molar-refractivity contribution in [3.8, 4) is 17.2 Å². The Balaban J connectivity index is 2.20. The fourth-order valence-corrected chi connectivity index (χ4v) is 3.06. The lowest BCUT2D eigenvalue weighted by molar-refractivity contribution is -0.137. The second-order valence-corrected chi connectivity index (χ2v) is 6.46. The normalized spacial score (nSPS) is 10.7. The van der Waals surface area contributed by atoms with Gasteiger partial charge in [0.2, 0.25) is 0 Å². The number of benzene rings is 2. The standard InChI is InChI=1S/C24H27NO2/c1-3-5-6-10-17-27-23(26)16-15-20-14-13-19(4-2)24(22(20)18-25)21-11-8-7-9-12-21/h7-9,11-16H,3-6,10,17H2,1-2H3/b16-15+. The van der Waals surface area contributed by atoms with Gasteiger partial charge in [0, 0.05) is 11.6 Å². The van der Waals surface area contributed by atoms with Crippen LogP contribution < -0.4 is 0 Å². The highest BCUT2D eigenvalue weighted by atomic mass is 16.5. The van der Waals surface area contributed by atoms with Gasteiger partial charge in [0.25, 0.3) is 0 Å². The van der Waals surface area contributed by atoms with Crippen molar-refractivity contribution in [2.75, 3.05) is 6.61 Å². The van der Waals surface area contributed by atoms with Gasteiger partial charge in [0.15, 0.2) is 0 Å². The Morgan fingerprint density at radius 3 is 2.52 bits per heavy atom. The van der Waals surface area contributed by atoms with Crippen molar-refractivity contribution < 1.29 is 9.53 Å². The molecule has 140 valence electrons. The van der Waals surface area contributed by atoms with Crippen molar-refractivity contribution in [3.63, 3.8) is 0 Å². The van der Waals surface area contributed by atoms with E-state index in [0.717, 1.165) is 54.4 Å². The Morgan fingerprint density at radius 2 is 1.85 bits per heavy atom. The minimum absolute atomic E-state index is 0.365. The summed E-state index contributed by atoms with van der Waals surface area (Å²) in [6.07, 6.45) is 8.20. The predicted molar refractivity (Wildman–Crippen MR) is 110 cm³/mol. The van der Waals surface area contributed by atoms with Crippen LogP contribution in [0.2, 0.25) is 0 Å². The number of hydrogen-bond donors (Lipinski definition) is 0. The topological polar surface area (TPSA) is 50.1 Å². The van der Waals surface area contributed by atoms with E-state index in [9.17, 15) is 10.1 Å². The summed E-state index contributed by atoms with van der Waals surface area (Å²) in [5, 5.41) is 9.77. The van der Waals surface area contributed by atoms with Crippen LogP contribution in [0.1, 0.15) is 56.2 Å². The number of ether oxygens (including phenoxy) is 1. The number of aryl methyl sites for hydroxylation is 1. The quantitative estimate of drug-likeness (QED) is 0.316. The van der Waals surface area contributed by atoms with Gasteiger partial charge >= 0.3 is 5.97 Å². The van der Waals surface area contributed by atoms with Crippen molar-refractivity contribution in [1.29, 1.82) is 5.26 Å². The van der Waals surface area contributed by atoms with Gasteiger partial charge < -0.3 is 4.74 Å². The summed E-state index contributed by atoms with van der Waals surface area (Å²) < 4.78 is 5.23. The molecule has 0 amide bonds. The molecule has 0 bridgehead atoms. The van der Waals surface area contributed by atoms with Gasteiger partial charge in [-0.05, 0) is 35.6 Å². The number of nitriles is 1. The van der Waals surface area contributed by atoms with E-state index >= 15 is 0 Å². The predicted octanol–water partition coefficient (Wildman–Crippen LogP) is 5.92. The molecule has 3 heteroatoms. The van der Waals surface area contributed by atoms with Crippen molar-refractivity contribution in [3.05, 3.63) is 65.2 Å². The van der Waals surface area contributed by atoms with Crippen molar-refractivity contribution in [1.82, 2.24) is 0 Å². The number of esters is 1.